The van der Waals surface area contributed by atoms with E-state index in [1.54, 1.807) is 28.8 Å². The van der Waals surface area contributed by atoms with E-state index in [0.717, 1.165) is 17.0 Å². The average Bonchev–Trinajstić information content (AvgIpc) is 3.69. The first-order valence-corrected chi connectivity index (χ1v) is 12.9. The van der Waals surface area contributed by atoms with Crippen molar-refractivity contribution in [3.05, 3.63) is 89.9 Å². The Balaban J connectivity index is 1.17. The summed E-state index contributed by atoms with van der Waals surface area (Å²) < 4.78 is 6.95. The number of nitrogens with one attached hydrogen (secondary N) is 1. The fourth-order valence-corrected chi connectivity index (χ4v) is 4.89. The van der Waals surface area contributed by atoms with Crippen molar-refractivity contribution < 1.29 is 23.8 Å². The summed E-state index contributed by atoms with van der Waals surface area (Å²) in [5.74, 6) is -0.102. The third-order valence-corrected chi connectivity index (χ3v) is 7.07. The molecule has 2 aromatic heterocycles. The first-order chi connectivity index (χ1) is 19.5. The molecule has 1 saturated heterocycles. The van der Waals surface area contributed by atoms with Crippen LogP contribution in [0.2, 0.25) is 0 Å². The predicted molar refractivity (Wildman–Crippen MR) is 145 cm³/mol. The van der Waals surface area contributed by atoms with E-state index in [-0.39, 0.29) is 24.6 Å². The summed E-state index contributed by atoms with van der Waals surface area (Å²) >= 11 is 0. The van der Waals surface area contributed by atoms with Crippen LogP contribution >= 0.6 is 0 Å². The van der Waals surface area contributed by atoms with Gasteiger partial charge in [0.1, 0.15) is 23.5 Å². The van der Waals surface area contributed by atoms with E-state index in [2.05, 4.69) is 15.0 Å². The number of aromatic amines is 1. The molecular formula is C29H26N7O4+. The largest absolute Gasteiger partial charge is 0.497 e. The molecule has 0 radical (unpaired) electrons. The number of methoxy groups -OCH3 is 1. The van der Waals surface area contributed by atoms with Crippen molar-refractivity contribution in [3.63, 3.8) is 0 Å². The Morgan fingerprint density at radius 3 is 2.38 bits per heavy atom. The highest BCUT2D eigenvalue weighted by molar-refractivity contribution is 6.44. The van der Waals surface area contributed by atoms with Crippen LogP contribution in [0.1, 0.15) is 26.3 Å². The zero-order chi connectivity index (χ0) is 27.6. The quantitative estimate of drug-likeness (QED) is 0.229. The van der Waals surface area contributed by atoms with Crippen LogP contribution in [0.4, 0.5) is 5.82 Å². The Morgan fingerprint density at radius 1 is 0.925 bits per heavy atom. The number of benzene rings is 2. The first kappa shape index (κ1) is 25.1. The van der Waals surface area contributed by atoms with Crippen LogP contribution in [0.3, 0.4) is 0 Å². The Morgan fingerprint density at radius 2 is 1.65 bits per heavy atom. The van der Waals surface area contributed by atoms with Gasteiger partial charge < -0.3 is 19.5 Å². The number of ether oxygens (including phenoxy) is 1. The molecule has 4 heterocycles. The van der Waals surface area contributed by atoms with Gasteiger partial charge >= 0.3 is 5.82 Å². The molecule has 200 valence electrons. The lowest BCUT2D eigenvalue weighted by molar-refractivity contribution is -0.493. The summed E-state index contributed by atoms with van der Waals surface area (Å²) in [4.78, 5) is 54.1. The SMILES string of the molecule is COc1ccc(C2=CC[N+](c3ncnc4c(C(=O)C(=O)N5CCN(C(=O)c6ccccc6)CC5)c[nH]c34)=N2)cc1. The summed E-state index contributed by atoms with van der Waals surface area (Å²) in [6, 6.07) is 16.6. The van der Waals surface area contributed by atoms with E-state index in [1.165, 1.54) is 17.4 Å². The van der Waals surface area contributed by atoms with Gasteiger partial charge in [-0.3, -0.25) is 14.4 Å². The van der Waals surface area contributed by atoms with E-state index < -0.39 is 11.7 Å². The summed E-state index contributed by atoms with van der Waals surface area (Å²) in [5, 5.41) is 4.69. The van der Waals surface area contributed by atoms with Crippen LogP contribution in [-0.2, 0) is 4.79 Å². The van der Waals surface area contributed by atoms with Gasteiger partial charge in [0.2, 0.25) is 6.33 Å². The smallest absolute Gasteiger partial charge is 0.371 e. The number of nitrogens with zero attached hydrogens (tertiary/aromatic N) is 6. The molecule has 1 N–H and O–H groups in total. The maximum absolute atomic E-state index is 13.3. The second kappa shape index (κ2) is 10.5. The highest BCUT2D eigenvalue weighted by Gasteiger charge is 2.32. The van der Waals surface area contributed by atoms with Crippen molar-refractivity contribution in [2.24, 2.45) is 5.11 Å². The van der Waals surface area contributed by atoms with Gasteiger partial charge in [-0.1, -0.05) is 23.3 Å². The van der Waals surface area contributed by atoms with Crippen molar-refractivity contribution in [3.8, 4) is 5.75 Å². The van der Waals surface area contributed by atoms with Crippen LogP contribution < -0.4 is 4.74 Å². The van der Waals surface area contributed by atoms with Gasteiger partial charge in [-0.05, 0) is 47.5 Å². The van der Waals surface area contributed by atoms with Crippen LogP contribution in [0.25, 0.3) is 16.7 Å². The summed E-state index contributed by atoms with van der Waals surface area (Å²) in [6.45, 7) is 1.75. The highest BCUT2D eigenvalue weighted by Crippen LogP contribution is 2.29. The molecule has 0 spiro atoms. The van der Waals surface area contributed by atoms with Gasteiger partial charge in [-0.25, -0.2) is 4.98 Å². The number of H-pyrrole nitrogens is 1. The number of azo groups is 2. The summed E-state index contributed by atoms with van der Waals surface area (Å²) in [6.07, 6.45) is 4.84. The average molecular weight is 537 g/mol. The number of fused-ring (bicyclic) bond motifs is 1. The molecule has 1 fully saturated rings. The standard InChI is InChI=1S/C29H25N7O4/c1-40-21-9-7-19(8-10-21)23-11-12-36(33-23)27-25-24(31-18-32-27)22(17-30-25)26(37)29(39)35-15-13-34(14-16-35)28(38)20-5-3-2-4-6-20/h2-11,17-18H,12-16H2,1H3/p+1. The predicted octanol–water partition coefficient (Wildman–Crippen LogP) is 3.28. The summed E-state index contributed by atoms with van der Waals surface area (Å²) in [5.41, 5.74) is 3.38. The van der Waals surface area contributed by atoms with Crippen molar-refractivity contribution in [1.29, 1.82) is 0 Å². The van der Waals surface area contributed by atoms with E-state index >= 15 is 0 Å². The molecular weight excluding hydrogens is 510 g/mol. The Hall–Kier alpha value is -5.19. The number of ketones is 1. The molecule has 40 heavy (non-hydrogen) atoms. The number of hydrogen-bond acceptors (Lipinski definition) is 7. The second-order valence-corrected chi connectivity index (χ2v) is 9.40. The first-order valence-electron chi connectivity index (χ1n) is 12.9. The van der Waals surface area contributed by atoms with Crippen molar-refractivity contribution in [1.82, 2.24) is 24.8 Å². The minimum Gasteiger partial charge on any atom is -0.497 e. The van der Waals surface area contributed by atoms with Gasteiger partial charge in [-0.15, -0.1) is 4.70 Å². The molecule has 0 aliphatic carbocycles. The molecule has 11 nitrogen and oxygen atoms in total. The van der Waals surface area contributed by atoms with Gasteiger partial charge in [0.05, 0.1) is 12.7 Å². The number of hydrogen-bond donors (Lipinski definition) is 1. The lowest BCUT2D eigenvalue weighted by atomic mass is 10.1. The number of piperazine rings is 1. The Bertz CT molecular complexity index is 1670. The lowest BCUT2D eigenvalue weighted by Gasteiger charge is -2.34. The molecule has 0 unspecified atom stereocenters. The van der Waals surface area contributed by atoms with E-state index in [9.17, 15) is 14.4 Å². The zero-order valence-electron chi connectivity index (χ0n) is 21.8. The summed E-state index contributed by atoms with van der Waals surface area (Å²) in [7, 11) is 1.62. The molecule has 0 bridgehead atoms. The maximum atomic E-state index is 13.3. The van der Waals surface area contributed by atoms with E-state index in [0.29, 0.717) is 42.0 Å². The van der Waals surface area contributed by atoms with Gasteiger partial charge in [0.15, 0.2) is 5.52 Å². The number of carbonyl (C=O) groups excluding carboxylic acids is 3. The topological polar surface area (TPSA) is 124 Å². The number of carbonyl (C=O) groups is 3. The number of rotatable bonds is 6. The molecule has 2 aliphatic heterocycles. The van der Waals surface area contributed by atoms with Crippen molar-refractivity contribution >= 4 is 40.1 Å². The van der Waals surface area contributed by atoms with Gasteiger partial charge in [0, 0.05) is 43.5 Å². The van der Waals surface area contributed by atoms with E-state index in [4.69, 9.17) is 9.85 Å². The molecule has 0 saturated carbocycles. The molecule has 2 aromatic carbocycles. The van der Waals surface area contributed by atoms with Crippen LogP contribution in [0, 0.1) is 0 Å². The minimum atomic E-state index is -0.658. The lowest BCUT2D eigenvalue weighted by Crippen LogP contribution is -2.52. The molecule has 0 atom stereocenters. The van der Waals surface area contributed by atoms with Crippen LogP contribution in [0.5, 0.6) is 5.75 Å². The molecule has 11 heteroatoms. The van der Waals surface area contributed by atoms with Crippen molar-refractivity contribution in [2.75, 3.05) is 39.8 Å². The second-order valence-electron chi connectivity index (χ2n) is 9.40. The third kappa shape index (κ3) is 4.62. The Labute approximate surface area is 229 Å². The van der Waals surface area contributed by atoms with Crippen LogP contribution in [0.15, 0.2) is 78.3 Å². The normalized spacial score (nSPS) is 15.1. The third-order valence-electron chi connectivity index (χ3n) is 7.07. The molecule has 4 aromatic rings. The Kier molecular flexibility index (Phi) is 6.61. The molecule has 6 rings (SSSR count). The number of Topliss-reactive ketones (excluding diaryl/α,β-unsaturated/α-hetero) is 1. The van der Waals surface area contributed by atoms with Gasteiger partial charge in [-0.2, -0.15) is 0 Å². The number of amides is 2. The fraction of sp³-hybridized carbons (Fsp3) is 0.207. The van der Waals surface area contributed by atoms with E-state index in [1.807, 2.05) is 48.5 Å². The zero-order valence-corrected chi connectivity index (χ0v) is 21.8. The fourth-order valence-electron chi connectivity index (χ4n) is 4.89. The molecule has 2 amide bonds. The highest BCUT2D eigenvalue weighted by atomic mass is 16.5. The van der Waals surface area contributed by atoms with Gasteiger partial charge in [0.25, 0.3) is 17.6 Å². The monoisotopic (exact) mass is 536 g/mol. The van der Waals surface area contributed by atoms with Crippen molar-refractivity contribution in [2.45, 2.75) is 0 Å². The van der Waals surface area contributed by atoms with Crippen LogP contribution in [-0.4, -0.2) is 86.9 Å². The number of aromatic nitrogens is 3. The maximum Gasteiger partial charge on any atom is 0.371 e. The minimum absolute atomic E-state index is 0.0863. The molecule has 2 aliphatic rings.